The number of carbonyl (C=O) groups excluding carboxylic acids is 1. The van der Waals surface area contributed by atoms with E-state index in [1.807, 2.05) is 13.8 Å². The first-order chi connectivity index (χ1) is 10.9. The third-order valence-corrected chi connectivity index (χ3v) is 5.74. The summed E-state index contributed by atoms with van der Waals surface area (Å²) < 4.78 is 26.8. The SMILES string of the molecule is CCC[C@@H]1[C@@H](C(=O)N(OC)OC)N1S(=O)(=O)c1ccc(C)cc1. The van der Waals surface area contributed by atoms with Gasteiger partial charge in [-0.1, -0.05) is 36.3 Å². The van der Waals surface area contributed by atoms with Gasteiger partial charge in [0.25, 0.3) is 5.91 Å². The topological polar surface area (TPSA) is 75.9 Å². The highest BCUT2D eigenvalue weighted by molar-refractivity contribution is 7.89. The maximum atomic E-state index is 12.8. The average molecular weight is 342 g/mol. The van der Waals surface area contributed by atoms with Crippen LogP contribution in [0.3, 0.4) is 0 Å². The Morgan fingerprint density at radius 1 is 1.22 bits per heavy atom. The Labute approximate surface area is 136 Å². The first-order valence-electron chi connectivity index (χ1n) is 7.40. The zero-order chi connectivity index (χ0) is 17.2. The van der Waals surface area contributed by atoms with Crippen LogP contribution in [-0.2, 0) is 24.5 Å². The summed E-state index contributed by atoms with van der Waals surface area (Å²) in [6.07, 6.45) is 1.37. The molecule has 1 saturated heterocycles. The van der Waals surface area contributed by atoms with Crippen LogP contribution in [0.5, 0.6) is 0 Å². The summed E-state index contributed by atoms with van der Waals surface area (Å²) in [7, 11) is -1.15. The Hall–Kier alpha value is -1.48. The van der Waals surface area contributed by atoms with Gasteiger partial charge in [0.15, 0.2) is 0 Å². The Morgan fingerprint density at radius 3 is 2.26 bits per heavy atom. The van der Waals surface area contributed by atoms with Gasteiger partial charge in [0.1, 0.15) is 6.04 Å². The van der Waals surface area contributed by atoms with Crippen molar-refractivity contribution in [2.24, 2.45) is 0 Å². The second-order valence-corrected chi connectivity index (χ2v) is 7.25. The van der Waals surface area contributed by atoms with E-state index in [1.54, 1.807) is 24.3 Å². The quantitative estimate of drug-likeness (QED) is 0.554. The summed E-state index contributed by atoms with van der Waals surface area (Å²) in [5.41, 5.74) is 0.970. The van der Waals surface area contributed by atoms with Crippen molar-refractivity contribution in [2.45, 2.75) is 43.7 Å². The number of rotatable bonds is 7. The first kappa shape index (κ1) is 17.9. The number of amides is 1. The molecule has 1 aliphatic rings. The Balaban J connectivity index is 2.29. The molecule has 23 heavy (non-hydrogen) atoms. The largest absolute Gasteiger partial charge is 0.293 e. The molecule has 0 spiro atoms. The highest BCUT2D eigenvalue weighted by Gasteiger charge is 2.60. The Bertz CT molecular complexity index is 655. The van der Waals surface area contributed by atoms with Gasteiger partial charge in [-0.2, -0.15) is 4.31 Å². The maximum Gasteiger partial charge on any atom is 0.293 e. The molecule has 0 aromatic heterocycles. The molecular formula is C15H22N2O5S. The molecule has 0 bridgehead atoms. The maximum absolute atomic E-state index is 12.8. The van der Waals surface area contributed by atoms with Crippen molar-refractivity contribution in [1.82, 2.24) is 9.53 Å². The molecule has 7 nitrogen and oxygen atoms in total. The van der Waals surface area contributed by atoms with Crippen molar-refractivity contribution in [3.8, 4) is 0 Å². The molecule has 1 heterocycles. The number of sulfonamides is 1. The van der Waals surface area contributed by atoms with E-state index in [-0.39, 0.29) is 10.9 Å². The molecule has 128 valence electrons. The van der Waals surface area contributed by atoms with E-state index in [4.69, 9.17) is 9.68 Å². The van der Waals surface area contributed by atoms with E-state index in [1.165, 1.54) is 18.5 Å². The fourth-order valence-electron chi connectivity index (χ4n) is 2.63. The minimum absolute atomic E-state index is 0.181. The molecule has 1 aromatic carbocycles. The van der Waals surface area contributed by atoms with E-state index in [0.29, 0.717) is 11.6 Å². The van der Waals surface area contributed by atoms with Crippen LogP contribution in [-0.4, -0.2) is 50.2 Å². The highest BCUT2D eigenvalue weighted by Crippen LogP contribution is 2.39. The number of hydrogen-bond donors (Lipinski definition) is 0. The number of nitrogens with zero attached hydrogens (tertiary/aromatic N) is 2. The van der Waals surface area contributed by atoms with Crippen molar-refractivity contribution in [2.75, 3.05) is 14.2 Å². The molecule has 0 aliphatic carbocycles. The van der Waals surface area contributed by atoms with Crippen molar-refractivity contribution < 1.29 is 22.9 Å². The molecular weight excluding hydrogens is 320 g/mol. The fourth-order valence-corrected chi connectivity index (χ4v) is 4.41. The smallest absolute Gasteiger partial charge is 0.268 e. The van der Waals surface area contributed by atoms with Gasteiger partial charge in [-0.25, -0.2) is 18.1 Å². The number of benzene rings is 1. The summed E-state index contributed by atoms with van der Waals surface area (Å²) >= 11 is 0. The van der Waals surface area contributed by atoms with Crippen LogP contribution >= 0.6 is 0 Å². The number of aryl methyl sites for hydroxylation is 1. The van der Waals surface area contributed by atoms with Gasteiger partial charge in [-0.3, -0.25) is 4.79 Å². The van der Waals surface area contributed by atoms with Crippen LogP contribution in [0.25, 0.3) is 0 Å². The standard InChI is InChI=1S/C15H22N2O5S/c1-5-6-13-14(15(18)17(21-3)22-4)16(13)23(19,20)12-9-7-11(2)8-10-12/h7-10,13-14H,5-6H2,1-4H3/t13-,14+,16?/m1/s1. The first-order valence-corrected chi connectivity index (χ1v) is 8.84. The fraction of sp³-hybridized carbons (Fsp3) is 0.533. The molecule has 0 radical (unpaired) electrons. The molecule has 1 aliphatic heterocycles. The normalized spacial score (nSPS) is 23.6. The van der Waals surface area contributed by atoms with Gasteiger partial charge in [0, 0.05) is 0 Å². The molecule has 1 fully saturated rings. The van der Waals surface area contributed by atoms with Gasteiger partial charge in [-0.15, -0.1) is 0 Å². The third kappa shape index (κ3) is 3.40. The predicted octanol–water partition coefficient (Wildman–Crippen LogP) is 1.49. The number of hydrogen-bond acceptors (Lipinski definition) is 5. The van der Waals surface area contributed by atoms with Gasteiger partial charge < -0.3 is 0 Å². The second-order valence-electron chi connectivity index (χ2n) is 5.41. The predicted molar refractivity (Wildman–Crippen MR) is 83.6 cm³/mol. The van der Waals surface area contributed by atoms with Gasteiger partial charge in [-0.05, 0) is 25.5 Å². The van der Waals surface area contributed by atoms with Gasteiger partial charge in [0.2, 0.25) is 10.0 Å². The van der Waals surface area contributed by atoms with Crippen LogP contribution in [0, 0.1) is 6.92 Å². The lowest BCUT2D eigenvalue weighted by atomic mass is 10.2. The van der Waals surface area contributed by atoms with Gasteiger partial charge in [0.05, 0.1) is 25.2 Å². The van der Waals surface area contributed by atoms with Crippen LogP contribution < -0.4 is 0 Å². The average Bonchev–Trinajstić information content (AvgIpc) is 3.24. The summed E-state index contributed by atoms with van der Waals surface area (Å²) in [5, 5.41) is 0.706. The van der Waals surface area contributed by atoms with Crippen molar-refractivity contribution in [3.63, 3.8) is 0 Å². The zero-order valence-corrected chi connectivity index (χ0v) is 14.5. The van der Waals surface area contributed by atoms with E-state index in [0.717, 1.165) is 12.0 Å². The summed E-state index contributed by atoms with van der Waals surface area (Å²) in [6, 6.07) is 5.42. The number of carbonyl (C=O) groups is 1. The lowest BCUT2D eigenvalue weighted by Gasteiger charge is -2.15. The van der Waals surface area contributed by atoms with Crippen molar-refractivity contribution >= 4 is 15.9 Å². The number of hydroxylamine groups is 2. The van der Waals surface area contributed by atoms with E-state index >= 15 is 0 Å². The van der Waals surface area contributed by atoms with Crippen LogP contribution in [0.4, 0.5) is 0 Å². The zero-order valence-electron chi connectivity index (χ0n) is 13.7. The Morgan fingerprint density at radius 2 is 1.78 bits per heavy atom. The highest BCUT2D eigenvalue weighted by atomic mass is 32.2. The monoisotopic (exact) mass is 342 g/mol. The molecule has 8 heteroatoms. The molecule has 0 saturated carbocycles. The molecule has 2 rings (SSSR count). The molecule has 0 N–H and O–H groups in total. The van der Waals surface area contributed by atoms with Crippen molar-refractivity contribution in [3.05, 3.63) is 29.8 Å². The van der Waals surface area contributed by atoms with Crippen molar-refractivity contribution in [1.29, 1.82) is 0 Å². The second kappa shape index (κ2) is 6.96. The van der Waals surface area contributed by atoms with E-state index in [9.17, 15) is 13.2 Å². The van der Waals surface area contributed by atoms with Crippen LogP contribution in [0.1, 0.15) is 25.3 Å². The molecule has 3 atom stereocenters. The minimum atomic E-state index is -3.72. The van der Waals surface area contributed by atoms with Crippen LogP contribution in [0.2, 0.25) is 0 Å². The lowest BCUT2D eigenvalue weighted by Crippen LogP contribution is -2.35. The minimum Gasteiger partial charge on any atom is -0.268 e. The summed E-state index contributed by atoms with van der Waals surface area (Å²) in [4.78, 5) is 22.2. The summed E-state index contributed by atoms with van der Waals surface area (Å²) in [6.45, 7) is 3.83. The van der Waals surface area contributed by atoms with E-state index < -0.39 is 22.0 Å². The van der Waals surface area contributed by atoms with Gasteiger partial charge >= 0.3 is 0 Å². The molecule has 1 unspecified atom stereocenters. The van der Waals surface area contributed by atoms with Crippen LogP contribution in [0.15, 0.2) is 29.2 Å². The Kier molecular flexibility index (Phi) is 5.41. The molecule has 1 amide bonds. The molecule has 1 aromatic rings. The summed E-state index contributed by atoms with van der Waals surface area (Å²) in [5.74, 6) is -0.524. The van der Waals surface area contributed by atoms with E-state index in [2.05, 4.69) is 0 Å². The third-order valence-electron chi connectivity index (χ3n) is 3.82. The lowest BCUT2D eigenvalue weighted by molar-refractivity contribution is -0.317.